The molecule has 1 aliphatic heterocycles. The Hall–Kier alpha value is -3.35. The summed E-state index contributed by atoms with van der Waals surface area (Å²) in [6.07, 6.45) is 3.36. The molecule has 0 atom stereocenters. The van der Waals surface area contributed by atoms with E-state index in [1.165, 1.54) is 16.3 Å². The molecule has 0 amide bonds. The number of hydrogen-bond donors (Lipinski definition) is 1. The lowest BCUT2D eigenvalue weighted by Crippen LogP contribution is -2.53. The fourth-order valence-corrected chi connectivity index (χ4v) is 3.78. The molecule has 1 fully saturated rings. The lowest BCUT2D eigenvalue weighted by atomic mass is 10.0. The SMILES string of the molecule is CN=C(NCc1cccc2ccccc12)N1CCN(c2nccn(C)c2=O)CC1. The number of aromatic nitrogens is 2. The van der Waals surface area contributed by atoms with Crippen molar-refractivity contribution in [1.82, 2.24) is 19.8 Å². The van der Waals surface area contributed by atoms with E-state index in [9.17, 15) is 4.79 Å². The van der Waals surface area contributed by atoms with Crippen molar-refractivity contribution in [2.24, 2.45) is 12.0 Å². The van der Waals surface area contributed by atoms with Crippen molar-refractivity contribution in [2.75, 3.05) is 38.1 Å². The van der Waals surface area contributed by atoms with E-state index in [0.717, 1.165) is 38.7 Å². The van der Waals surface area contributed by atoms with Gasteiger partial charge in [0.1, 0.15) is 0 Å². The first-order valence-corrected chi connectivity index (χ1v) is 9.86. The quantitative estimate of drug-likeness (QED) is 0.546. The van der Waals surface area contributed by atoms with E-state index < -0.39 is 0 Å². The van der Waals surface area contributed by atoms with Crippen molar-refractivity contribution < 1.29 is 0 Å². The second kappa shape index (κ2) is 8.34. The normalized spacial score (nSPS) is 15.0. The molecular formula is C22H26N6O. The standard InChI is InChI=1S/C22H26N6O/c1-23-22(25-16-18-8-5-7-17-6-3-4-9-19(17)18)28-14-12-27(13-15-28)20-21(29)26(2)11-10-24-20/h3-11H,12-16H2,1-2H3,(H,23,25). The summed E-state index contributed by atoms with van der Waals surface area (Å²) in [7, 11) is 3.56. The number of aryl methyl sites for hydroxylation is 1. The number of rotatable bonds is 3. The molecule has 2 heterocycles. The van der Waals surface area contributed by atoms with E-state index in [0.29, 0.717) is 5.82 Å². The smallest absolute Gasteiger partial charge is 0.293 e. The number of aliphatic imine (C=N–C) groups is 1. The minimum absolute atomic E-state index is 0.0561. The molecule has 7 heteroatoms. The highest BCUT2D eigenvalue weighted by Gasteiger charge is 2.22. The van der Waals surface area contributed by atoms with Crippen LogP contribution in [0.1, 0.15) is 5.56 Å². The van der Waals surface area contributed by atoms with Crippen LogP contribution in [0.2, 0.25) is 0 Å². The van der Waals surface area contributed by atoms with Gasteiger partial charge < -0.3 is 19.7 Å². The number of guanidine groups is 1. The van der Waals surface area contributed by atoms with Crippen LogP contribution in [0.15, 0.2) is 64.6 Å². The zero-order valence-electron chi connectivity index (χ0n) is 16.9. The maximum absolute atomic E-state index is 12.3. The molecule has 1 aromatic heterocycles. The molecule has 0 radical (unpaired) electrons. The van der Waals surface area contributed by atoms with E-state index in [-0.39, 0.29) is 5.56 Å². The molecule has 0 bridgehead atoms. The maximum atomic E-state index is 12.3. The summed E-state index contributed by atoms with van der Waals surface area (Å²) in [5.74, 6) is 1.40. The molecule has 29 heavy (non-hydrogen) atoms. The molecular weight excluding hydrogens is 364 g/mol. The molecule has 1 aliphatic rings. The first-order chi connectivity index (χ1) is 14.2. The molecule has 150 valence electrons. The zero-order chi connectivity index (χ0) is 20.2. The number of nitrogens with zero attached hydrogens (tertiary/aromatic N) is 5. The van der Waals surface area contributed by atoms with Crippen molar-refractivity contribution in [2.45, 2.75) is 6.54 Å². The summed E-state index contributed by atoms with van der Waals surface area (Å²) >= 11 is 0. The Morgan fingerprint density at radius 3 is 2.66 bits per heavy atom. The van der Waals surface area contributed by atoms with Crippen molar-refractivity contribution in [3.8, 4) is 0 Å². The Bertz CT molecular complexity index is 1080. The van der Waals surface area contributed by atoms with Gasteiger partial charge >= 0.3 is 0 Å². The Morgan fingerprint density at radius 1 is 1.10 bits per heavy atom. The van der Waals surface area contributed by atoms with Gasteiger partial charge in [-0.25, -0.2) is 4.98 Å². The third-order valence-corrected chi connectivity index (χ3v) is 5.41. The van der Waals surface area contributed by atoms with Gasteiger partial charge in [-0.05, 0) is 16.3 Å². The lowest BCUT2D eigenvalue weighted by molar-refractivity contribution is 0.370. The van der Waals surface area contributed by atoms with Gasteiger partial charge in [0, 0.05) is 59.2 Å². The number of benzene rings is 2. The summed E-state index contributed by atoms with van der Waals surface area (Å²) in [5.41, 5.74) is 1.19. The molecule has 7 nitrogen and oxygen atoms in total. The van der Waals surface area contributed by atoms with Crippen molar-refractivity contribution in [1.29, 1.82) is 0 Å². The number of fused-ring (bicyclic) bond motifs is 1. The molecule has 0 spiro atoms. The molecule has 0 aliphatic carbocycles. The van der Waals surface area contributed by atoms with E-state index in [2.05, 4.69) is 67.6 Å². The molecule has 0 unspecified atom stereocenters. The van der Waals surface area contributed by atoms with Gasteiger partial charge in [0.15, 0.2) is 11.8 Å². The van der Waals surface area contributed by atoms with Crippen LogP contribution in [0.5, 0.6) is 0 Å². The lowest BCUT2D eigenvalue weighted by Gasteiger charge is -2.36. The Labute approximate surface area is 170 Å². The largest absolute Gasteiger partial charge is 0.352 e. The van der Waals surface area contributed by atoms with Crippen LogP contribution in [-0.2, 0) is 13.6 Å². The van der Waals surface area contributed by atoms with Crippen molar-refractivity contribution in [3.05, 3.63) is 70.8 Å². The van der Waals surface area contributed by atoms with Crippen LogP contribution in [0, 0.1) is 0 Å². The molecule has 1 N–H and O–H groups in total. The molecule has 3 aromatic rings. The summed E-state index contributed by atoms with van der Waals surface area (Å²) < 4.78 is 1.57. The van der Waals surface area contributed by atoms with Crippen LogP contribution in [0.4, 0.5) is 5.82 Å². The summed E-state index contributed by atoms with van der Waals surface area (Å²) in [6.45, 7) is 3.77. The van der Waals surface area contributed by atoms with Crippen molar-refractivity contribution in [3.63, 3.8) is 0 Å². The number of nitrogens with one attached hydrogen (secondary N) is 1. The minimum atomic E-state index is -0.0561. The van der Waals surface area contributed by atoms with E-state index in [4.69, 9.17) is 0 Å². The molecule has 2 aromatic carbocycles. The second-order valence-electron chi connectivity index (χ2n) is 7.18. The van der Waals surface area contributed by atoms with E-state index >= 15 is 0 Å². The van der Waals surface area contributed by atoms with Crippen molar-refractivity contribution >= 4 is 22.5 Å². The summed E-state index contributed by atoms with van der Waals surface area (Å²) in [4.78, 5) is 25.4. The molecule has 1 saturated heterocycles. The molecule has 4 rings (SSSR count). The zero-order valence-corrected chi connectivity index (χ0v) is 16.9. The second-order valence-corrected chi connectivity index (χ2v) is 7.18. The van der Waals surface area contributed by atoms with Gasteiger partial charge in [-0.15, -0.1) is 0 Å². The third-order valence-electron chi connectivity index (χ3n) is 5.41. The highest BCUT2D eigenvalue weighted by Crippen LogP contribution is 2.18. The first-order valence-electron chi connectivity index (χ1n) is 9.86. The van der Waals surface area contributed by atoms with Gasteiger partial charge in [0.25, 0.3) is 5.56 Å². The van der Waals surface area contributed by atoms with Crippen LogP contribution in [-0.4, -0.2) is 53.6 Å². The minimum Gasteiger partial charge on any atom is -0.352 e. The van der Waals surface area contributed by atoms with Crippen LogP contribution >= 0.6 is 0 Å². The van der Waals surface area contributed by atoms with Gasteiger partial charge in [-0.3, -0.25) is 9.79 Å². The Balaban J connectivity index is 1.41. The number of hydrogen-bond acceptors (Lipinski definition) is 4. The Morgan fingerprint density at radius 2 is 1.86 bits per heavy atom. The molecule has 0 saturated carbocycles. The average molecular weight is 390 g/mol. The van der Waals surface area contributed by atoms with Crippen LogP contribution < -0.4 is 15.8 Å². The predicted molar refractivity (Wildman–Crippen MR) is 117 cm³/mol. The number of piperazine rings is 1. The van der Waals surface area contributed by atoms with Gasteiger partial charge in [-0.1, -0.05) is 42.5 Å². The van der Waals surface area contributed by atoms with Gasteiger partial charge in [-0.2, -0.15) is 0 Å². The predicted octanol–water partition coefficient (Wildman–Crippen LogP) is 1.83. The van der Waals surface area contributed by atoms with Crippen LogP contribution in [0.3, 0.4) is 0 Å². The Kier molecular flexibility index (Phi) is 5.46. The fourth-order valence-electron chi connectivity index (χ4n) is 3.78. The van der Waals surface area contributed by atoms with Gasteiger partial charge in [0.05, 0.1) is 0 Å². The van der Waals surface area contributed by atoms with Gasteiger partial charge in [0.2, 0.25) is 0 Å². The fraction of sp³-hybridized carbons (Fsp3) is 0.318. The van der Waals surface area contributed by atoms with E-state index in [1.807, 2.05) is 7.05 Å². The average Bonchev–Trinajstić information content (AvgIpc) is 2.77. The number of anilines is 1. The van der Waals surface area contributed by atoms with E-state index in [1.54, 1.807) is 24.0 Å². The monoisotopic (exact) mass is 390 g/mol. The highest BCUT2D eigenvalue weighted by atomic mass is 16.1. The maximum Gasteiger partial charge on any atom is 0.293 e. The van der Waals surface area contributed by atoms with Crippen LogP contribution in [0.25, 0.3) is 10.8 Å². The first kappa shape index (κ1) is 19.0. The topological polar surface area (TPSA) is 65.8 Å². The summed E-state index contributed by atoms with van der Waals surface area (Å²) in [5, 5.41) is 6.00. The highest BCUT2D eigenvalue weighted by molar-refractivity contribution is 5.86. The summed E-state index contributed by atoms with van der Waals surface area (Å²) in [6, 6.07) is 14.8. The third kappa shape index (κ3) is 3.94.